The number of rotatable bonds is 7. The number of hydrogen-bond donors (Lipinski definition) is 1. The van der Waals surface area contributed by atoms with Gasteiger partial charge in [-0.05, 0) is 42.8 Å². The van der Waals surface area contributed by atoms with E-state index in [0.29, 0.717) is 6.54 Å². The molecule has 5 heteroatoms. The van der Waals surface area contributed by atoms with Crippen LogP contribution < -0.4 is 0 Å². The largest absolute Gasteiger partial charge is 0.480 e. The fourth-order valence-corrected chi connectivity index (χ4v) is 3.25. The van der Waals surface area contributed by atoms with E-state index in [9.17, 15) is 9.18 Å². The summed E-state index contributed by atoms with van der Waals surface area (Å²) in [6, 6.07) is 10.4. The van der Waals surface area contributed by atoms with Gasteiger partial charge in [-0.25, -0.2) is 4.39 Å². The first-order valence-electron chi connectivity index (χ1n) is 6.87. The van der Waals surface area contributed by atoms with Gasteiger partial charge >= 0.3 is 5.97 Å². The van der Waals surface area contributed by atoms with Gasteiger partial charge in [-0.2, -0.15) is 0 Å². The Kier molecular flexibility index (Phi) is 5.47. The second-order valence-corrected chi connectivity index (χ2v) is 6.05. The summed E-state index contributed by atoms with van der Waals surface area (Å²) in [5, 5.41) is 8.92. The Morgan fingerprint density at radius 3 is 2.81 bits per heavy atom. The summed E-state index contributed by atoms with van der Waals surface area (Å²) >= 11 is 1.57. The molecule has 1 N–H and O–H groups in total. The lowest BCUT2D eigenvalue weighted by atomic mass is 10.2. The highest BCUT2D eigenvalue weighted by atomic mass is 32.1. The summed E-state index contributed by atoms with van der Waals surface area (Å²) < 4.78 is 13.2. The SMILES string of the molecule is CCCN(CC(=O)O)Cc1ccc(-c2cccc(F)c2)s1. The van der Waals surface area contributed by atoms with Gasteiger partial charge in [-0.1, -0.05) is 19.1 Å². The van der Waals surface area contributed by atoms with Crippen molar-refractivity contribution in [1.29, 1.82) is 0 Å². The third-order valence-corrected chi connectivity index (χ3v) is 4.17. The van der Waals surface area contributed by atoms with Crippen molar-refractivity contribution in [1.82, 2.24) is 4.90 Å². The molecule has 0 aliphatic carbocycles. The molecule has 0 unspecified atom stereocenters. The summed E-state index contributed by atoms with van der Waals surface area (Å²) in [4.78, 5) is 14.8. The molecule has 0 saturated carbocycles. The minimum absolute atomic E-state index is 0.0427. The van der Waals surface area contributed by atoms with Gasteiger partial charge in [-0.3, -0.25) is 9.69 Å². The molecule has 1 aromatic carbocycles. The zero-order chi connectivity index (χ0) is 15.2. The zero-order valence-electron chi connectivity index (χ0n) is 11.9. The Balaban J connectivity index is 2.10. The van der Waals surface area contributed by atoms with Gasteiger partial charge < -0.3 is 5.11 Å². The quantitative estimate of drug-likeness (QED) is 0.844. The minimum atomic E-state index is -0.814. The van der Waals surface area contributed by atoms with E-state index in [-0.39, 0.29) is 12.4 Å². The maximum absolute atomic E-state index is 13.2. The Morgan fingerprint density at radius 2 is 2.14 bits per heavy atom. The van der Waals surface area contributed by atoms with E-state index in [1.54, 1.807) is 17.4 Å². The Bertz CT molecular complexity index is 612. The van der Waals surface area contributed by atoms with Crippen LogP contribution in [0.25, 0.3) is 10.4 Å². The van der Waals surface area contributed by atoms with Crippen molar-refractivity contribution in [3.8, 4) is 10.4 Å². The highest BCUT2D eigenvalue weighted by Gasteiger charge is 2.11. The molecule has 0 spiro atoms. The number of thiophene rings is 1. The monoisotopic (exact) mass is 307 g/mol. The Morgan fingerprint density at radius 1 is 1.33 bits per heavy atom. The van der Waals surface area contributed by atoms with E-state index in [1.807, 2.05) is 30.0 Å². The molecule has 0 saturated heterocycles. The first-order valence-corrected chi connectivity index (χ1v) is 7.69. The maximum Gasteiger partial charge on any atom is 0.317 e. The van der Waals surface area contributed by atoms with Crippen molar-refractivity contribution >= 4 is 17.3 Å². The van der Waals surface area contributed by atoms with Crippen LogP contribution in [-0.4, -0.2) is 29.1 Å². The van der Waals surface area contributed by atoms with Gasteiger partial charge in [-0.15, -0.1) is 11.3 Å². The average Bonchev–Trinajstić information content (AvgIpc) is 2.87. The third-order valence-electron chi connectivity index (χ3n) is 3.05. The smallest absolute Gasteiger partial charge is 0.317 e. The summed E-state index contributed by atoms with van der Waals surface area (Å²) in [5.74, 6) is -1.06. The molecule has 21 heavy (non-hydrogen) atoms. The fourth-order valence-electron chi connectivity index (χ4n) is 2.20. The lowest BCUT2D eigenvalue weighted by molar-refractivity contribution is -0.138. The molecule has 2 aromatic rings. The van der Waals surface area contributed by atoms with Gasteiger partial charge in [0.1, 0.15) is 5.82 Å². The molecular formula is C16H18FNO2S. The highest BCUT2D eigenvalue weighted by molar-refractivity contribution is 7.15. The number of halogens is 1. The van der Waals surface area contributed by atoms with Crippen molar-refractivity contribution in [2.24, 2.45) is 0 Å². The maximum atomic E-state index is 13.2. The molecule has 1 heterocycles. The second kappa shape index (κ2) is 7.33. The number of nitrogens with zero attached hydrogens (tertiary/aromatic N) is 1. The molecule has 3 nitrogen and oxygen atoms in total. The van der Waals surface area contributed by atoms with Gasteiger partial charge in [0.2, 0.25) is 0 Å². The molecule has 0 radical (unpaired) electrons. The molecule has 0 amide bonds. The molecule has 0 aliphatic heterocycles. The van der Waals surface area contributed by atoms with Crippen molar-refractivity contribution in [2.75, 3.05) is 13.1 Å². The summed E-state index contributed by atoms with van der Waals surface area (Å²) in [5.41, 5.74) is 0.853. The van der Waals surface area contributed by atoms with Crippen LogP contribution in [0.1, 0.15) is 18.2 Å². The van der Waals surface area contributed by atoms with Crippen LogP contribution in [0.15, 0.2) is 36.4 Å². The van der Waals surface area contributed by atoms with Gasteiger partial charge in [0.25, 0.3) is 0 Å². The molecule has 0 bridgehead atoms. The van der Waals surface area contributed by atoms with Crippen LogP contribution in [0, 0.1) is 5.82 Å². The zero-order valence-corrected chi connectivity index (χ0v) is 12.7. The molecule has 0 fully saturated rings. The summed E-state index contributed by atoms with van der Waals surface area (Å²) in [6.45, 7) is 3.43. The normalized spacial score (nSPS) is 11.0. The van der Waals surface area contributed by atoms with Crippen LogP contribution in [0.3, 0.4) is 0 Å². The van der Waals surface area contributed by atoms with Gasteiger partial charge in [0.15, 0.2) is 0 Å². The van der Waals surface area contributed by atoms with Crippen molar-refractivity contribution in [3.05, 3.63) is 47.1 Å². The Hall–Kier alpha value is -1.72. The standard InChI is InChI=1S/C16H18FNO2S/c1-2-8-18(11-16(19)20)10-14-6-7-15(21-14)12-4-3-5-13(17)9-12/h3-7,9H,2,8,10-11H2,1H3,(H,19,20). The molecule has 2 rings (SSSR count). The number of carbonyl (C=O) groups is 1. The average molecular weight is 307 g/mol. The minimum Gasteiger partial charge on any atom is -0.480 e. The first-order chi connectivity index (χ1) is 10.1. The number of carboxylic acids is 1. The number of benzene rings is 1. The Labute approximate surface area is 127 Å². The van der Waals surface area contributed by atoms with Crippen LogP contribution in [0.4, 0.5) is 4.39 Å². The molecule has 0 aliphatic rings. The lowest BCUT2D eigenvalue weighted by Gasteiger charge is -2.18. The van der Waals surface area contributed by atoms with Gasteiger partial charge in [0, 0.05) is 16.3 Å². The van der Waals surface area contributed by atoms with Crippen molar-refractivity contribution in [3.63, 3.8) is 0 Å². The number of aliphatic carboxylic acids is 1. The lowest BCUT2D eigenvalue weighted by Crippen LogP contribution is -2.29. The van der Waals surface area contributed by atoms with Crippen LogP contribution in [0.2, 0.25) is 0 Å². The van der Waals surface area contributed by atoms with E-state index in [2.05, 4.69) is 0 Å². The van der Waals surface area contributed by atoms with Crippen molar-refractivity contribution in [2.45, 2.75) is 19.9 Å². The molecular weight excluding hydrogens is 289 g/mol. The summed E-state index contributed by atoms with van der Waals surface area (Å²) in [6.07, 6.45) is 0.912. The highest BCUT2D eigenvalue weighted by Crippen LogP contribution is 2.29. The molecule has 0 atom stereocenters. The van der Waals surface area contributed by atoms with E-state index in [0.717, 1.165) is 28.3 Å². The van der Waals surface area contributed by atoms with E-state index >= 15 is 0 Å². The topological polar surface area (TPSA) is 40.5 Å². The van der Waals surface area contributed by atoms with Crippen LogP contribution in [0.5, 0.6) is 0 Å². The third kappa shape index (κ3) is 4.65. The van der Waals surface area contributed by atoms with Crippen molar-refractivity contribution < 1.29 is 14.3 Å². The van der Waals surface area contributed by atoms with E-state index in [1.165, 1.54) is 12.1 Å². The van der Waals surface area contributed by atoms with E-state index < -0.39 is 5.97 Å². The first kappa shape index (κ1) is 15.7. The predicted molar refractivity (Wildman–Crippen MR) is 82.9 cm³/mol. The van der Waals surface area contributed by atoms with Crippen LogP contribution in [-0.2, 0) is 11.3 Å². The molecule has 112 valence electrons. The predicted octanol–water partition coefficient (Wildman–Crippen LogP) is 3.85. The van der Waals surface area contributed by atoms with E-state index in [4.69, 9.17) is 5.11 Å². The fraction of sp³-hybridized carbons (Fsp3) is 0.312. The van der Waals surface area contributed by atoms with Crippen LogP contribution >= 0.6 is 11.3 Å². The summed E-state index contributed by atoms with van der Waals surface area (Å²) in [7, 11) is 0. The number of hydrogen-bond acceptors (Lipinski definition) is 3. The molecule has 1 aromatic heterocycles. The van der Waals surface area contributed by atoms with Gasteiger partial charge in [0.05, 0.1) is 6.54 Å². The second-order valence-electron chi connectivity index (χ2n) is 4.88. The number of carboxylic acid groups (broad SMARTS) is 1.